The number of rotatable bonds is 4. The Morgan fingerprint density at radius 1 is 1.39 bits per heavy atom. The number of hydrogen-bond donors (Lipinski definition) is 2. The second-order valence-corrected chi connectivity index (χ2v) is 7.50. The summed E-state index contributed by atoms with van der Waals surface area (Å²) in [6, 6.07) is 3.65. The van der Waals surface area contributed by atoms with Crippen molar-refractivity contribution in [1.29, 1.82) is 10.9 Å². The molecular weight excluding hydrogens is 356 g/mol. The summed E-state index contributed by atoms with van der Waals surface area (Å²) in [4.78, 5) is 16.8. The standard InChI is InChI=1S/C20H22N6O2/c1-20(2,3)28-19(27)26-17-6-4-5-14(16(21)12-24-22)11-15(17)18(25-26)13-7-9-23-10-8-13/h7-10,14,21-22H,6,11-12H2,1-3H3. The molecule has 0 aromatic carbocycles. The van der Waals surface area contributed by atoms with Crippen LogP contribution in [-0.2, 0) is 17.6 Å². The first-order chi connectivity index (χ1) is 13.3. The monoisotopic (exact) mass is 378 g/mol. The molecule has 1 aliphatic carbocycles. The predicted molar refractivity (Wildman–Crippen MR) is 104 cm³/mol. The number of nitrogens with one attached hydrogen (secondary N) is 2. The van der Waals surface area contributed by atoms with Crippen molar-refractivity contribution in [1.82, 2.24) is 14.8 Å². The van der Waals surface area contributed by atoms with Crippen LogP contribution in [0.1, 0.15) is 32.0 Å². The van der Waals surface area contributed by atoms with Gasteiger partial charge in [0.25, 0.3) is 0 Å². The highest BCUT2D eigenvalue weighted by Gasteiger charge is 2.29. The van der Waals surface area contributed by atoms with Gasteiger partial charge in [0.1, 0.15) is 5.60 Å². The van der Waals surface area contributed by atoms with Gasteiger partial charge in [-0.1, -0.05) is 11.8 Å². The second kappa shape index (κ2) is 7.72. The summed E-state index contributed by atoms with van der Waals surface area (Å²) in [5.41, 5.74) is 9.64. The van der Waals surface area contributed by atoms with Gasteiger partial charge in [0.15, 0.2) is 0 Å². The van der Waals surface area contributed by atoms with E-state index in [0.29, 0.717) is 24.2 Å². The fourth-order valence-corrected chi connectivity index (χ4v) is 3.00. The number of fused-ring (bicyclic) bond motifs is 1. The molecule has 2 N–H and O–H groups in total. The topological polar surface area (TPSA) is 117 Å². The van der Waals surface area contributed by atoms with Crippen LogP contribution >= 0.6 is 0 Å². The van der Waals surface area contributed by atoms with Gasteiger partial charge in [-0.05, 0) is 39.3 Å². The number of carbonyl (C=O) groups excluding carboxylic acids is 1. The molecule has 1 unspecified atom stereocenters. The Morgan fingerprint density at radius 3 is 2.75 bits per heavy atom. The molecule has 0 aliphatic heterocycles. The van der Waals surface area contributed by atoms with Gasteiger partial charge in [-0.3, -0.25) is 4.98 Å². The van der Waals surface area contributed by atoms with E-state index in [1.54, 1.807) is 33.2 Å². The van der Waals surface area contributed by atoms with E-state index in [2.05, 4.69) is 27.0 Å². The van der Waals surface area contributed by atoms with Crippen molar-refractivity contribution >= 4 is 11.8 Å². The van der Waals surface area contributed by atoms with E-state index in [9.17, 15) is 4.79 Å². The molecule has 0 saturated heterocycles. The quantitative estimate of drug-likeness (QED) is 0.481. The lowest BCUT2D eigenvalue weighted by Gasteiger charge is -2.19. The van der Waals surface area contributed by atoms with Crippen molar-refractivity contribution in [3.8, 4) is 23.1 Å². The smallest absolute Gasteiger partial charge is 0.435 e. The van der Waals surface area contributed by atoms with Gasteiger partial charge in [-0.15, -0.1) is 0 Å². The van der Waals surface area contributed by atoms with Crippen molar-refractivity contribution in [3.63, 3.8) is 0 Å². The second-order valence-electron chi connectivity index (χ2n) is 7.50. The van der Waals surface area contributed by atoms with Gasteiger partial charge in [0.05, 0.1) is 30.3 Å². The minimum absolute atomic E-state index is 0.0134. The van der Waals surface area contributed by atoms with Gasteiger partial charge in [-0.2, -0.15) is 14.9 Å². The Morgan fingerprint density at radius 2 is 2.11 bits per heavy atom. The lowest BCUT2D eigenvalue weighted by Crippen LogP contribution is -2.28. The zero-order chi connectivity index (χ0) is 20.3. The third-order valence-electron chi connectivity index (χ3n) is 4.22. The molecule has 1 aliphatic rings. The van der Waals surface area contributed by atoms with Crippen molar-refractivity contribution in [2.24, 2.45) is 11.0 Å². The number of aromatic nitrogens is 3. The zero-order valence-electron chi connectivity index (χ0n) is 16.1. The molecule has 28 heavy (non-hydrogen) atoms. The van der Waals surface area contributed by atoms with Crippen LogP contribution in [0, 0.1) is 28.7 Å². The maximum Gasteiger partial charge on any atom is 0.435 e. The van der Waals surface area contributed by atoms with Crippen LogP contribution in [-0.4, -0.2) is 38.7 Å². The molecule has 0 radical (unpaired) electrons. The molecule has 8 nitrogen and oxygen atoms in total. The number of carbonyl (C=O) groups is 1. The van der Waals surface area contributed by atoms with E-state index in [0.717, 1.165) is 11.1 Å². The van der Waals surface area contributed by atoms with Crippen LogP contribution in [0.4, 0.5) is 4.79 Å². The molecule has 0 saturated carbocycles. The van der Waals surface area contributed by atoms with Crippen molar-refractivity contribution in [2.45, 2.75) is 39.2 Å². The average Bonchev–Trinajstić information content (AvgIpc) is 2.84. The molecule has 0 fully saturated rings. The summed E-state index contributed by atoms with van der Waals surface area (Å²) in [7, 11) is 0. The van der Waals surface area contributed by atoms with Gasteiger partial charge in [0.2, 0.25) is 0 Å². The summed E-state index contributed by atoms with van der Waals surface area (Å²) in [5.74, 6) is 5.74. The SMILES string of the molecule is CC(C)(C)OC(=O)n1nc(-c2ccncc2)c2c1CC#CC(C(=N)CN=N)C2. The summed E-state index contributed by atoms with van der Waals surface area (Å²) >= 11 is 0. The molecule has 2 aromatic heterocycles. The van der Waals surface area contributed by atoms with Crippen LogP contribution in [0.15, 0.2) is 29.6 Å². The van der Waals surface area contributed by atoms with Crippen LogP contribution in [0.2, 0.25) is 0 Å². The number of nitrogens with zero attached hydrogens (tertiary/aromatic N) is 4. The van der Waals surface area contributed by atoms with Crippen LogP contribution < -0.4 is 0 Å². The lowest BCUT2D eigenvalue weighted by atomic mass is 9.93. The van der Waals surface area contributed by atoms with Crippen LogP contribution in [0.25, 0.3) is 11.3 Å². The fraction of sp³-hybridized carbons (Fsp3) is 0.400. The van der Waals surface area contributed by atoms with Crippen molar-refractivity contribution in [3.05, 3.63) is 35.8 Å². The highest BCUT2D eigenvalue weighted by atomic mass is 16.6. The van der Waals surface area contributed by atoms with Crippen molar-refractivity contribution in [2.75, 3.05) is 6.54 Å². The van der Waals surface area contributed by atoms with Crippen molar-refractivity contribution < 1.29 is 9.53 Å². The minimum Gasteiger partial charge on any atom is -0.442 e. The number of hydrogen-bond acceptors (Lipinski definition) is 7. The fourth-order valence-electron chi connectivity index (χ4n) is 3.00. The number of pyridine rings is 1. The van der Waals surface area contributed by atoms with E-state index in [1.165, 1.54) is 4.68 Å². The molecule has 144 valence electrons. The summed E-state index contributed by atoms with van der Waals surface area (Å²) in [6.45, 7) is 5.43. The molecule has 0 bridgehead atoms. The zero-order valence-corrected chi connectivity index (χ0v) is 16.1. The minimum atomic E-state index is -0.649. The highest BCUT2D eigenvalue weighted by molar-refractivity contribution is 5.89. The summed E-state index contributed by atoms with van der Waals surface area (Å²) in [6.07, 6.45) is 3.53. The van der Waals surface area contributed by atoms with Gasteiger partial charge in [0, 0.05) is 29.2 Å². The molecule has 2 aromatic rings. The Kier molecular flexibility index (Phi) is 5.36. The van der Waals surface area contributed by atoms with E-state index in [4.69, 9.17) is 15.7 Å². The Balaban J connectivity index is 2.09. The average molecular weight is 378 g/mol. The Bertz CT molecular complexity index is 976. The van der Waals surface area contributed by atoms with E-state index in [1.807, 2.05) is 12.1 Å². The van der Waals surface area contributed by atoms with E-state index >= 15 is 0 Å². The lowest BCUT2D eigenvalue weighted by molar-refractivity contribution is 0.0510. The largest absolute Gasteiger partial charge is 0.442 e. The summed E-state index contributed by atoms with van der Waals surface area (Å²) < 4.78 is 6.80. The maximum absolute atomic E-state index is 12.7. The maximum atomic E-state index is 12.7. The van der Waals surface area contributed by atoms with E-state index < -0.39 is 11.7 Å². The molecule has 8 heteroatoms. The predicted octanol–water partition coefficient (Wildman–Crippen LogP) is 3.50. The van der Waals surface area contributed by atoms with Gasteiger partial charge < -0.3 is 10.1 Å². The summed E-state index contributed by atoms with van der Waals surface area (Å²) in [5, 5.41) is 16.0. The molecular formula is C20H22N6O2. The third kappa shape index (κ3) is 4.14. The Labute approximate surface area is 163 Å². The number of ether oxygens (including phenoxy) is 1. The van der Waals surface area contributed by atoms with Gasteiger partial charge >= 0.3 is 6.09 Å². The van der Waals surface area contributed by atoms with Gasteiger partial charge in [-0.25, -0.2) is 10.3 Å². The molecule has 2 heterocycles. The Hall–Kier alpha value is -3.34. The molecule has 1 atom stereocenters. The first-order valence-corrected chi connectivity index (χ1v) is 8.93. The molecule has 0 spiro atoms. The van der Waals surface area contributed by atoms with E-state index in [-0.39, 0.29) is 18.2 Å². The first-order valence-electron chi connectivity index (χ1n) is 8.93. The normalized spacial score (nSPS) is 15.6. The molecule has 3 rings (SSSR count). The molecule has 0 amide bonds. The highest BCUT2D eigenvalue weighted by Crippen LogP contribution is 2.30. The first kappa shape index (κ1) is 19.4. The van der Waals surface area contributed by atoms with Crippen LogP contribution in [0.5, 0.6) is 0 Å². The van der Waals surface area contributed by atoms with Crippen LogP contribution in [0.3, 0.4) is 0 Å². The third-order valence-corrected chi connectivity index (χ3v) is 4.22.